The lowest BCUT2D eigenvalue weighted by atomic mass is 10.2. The minimum Gasteiger partial charge on any atom is -0.494 e. The van der Waals surface area contributed by atoms with Crippen LogP contribution >= 0.6 is 0 Å². The molecule has 3 rings (SSSR count). The molecule has 1 aliphatic rings. The van der Waals surface area contributed by atoms with E-state index in [4.69, 9.17) is 19.0 Å². The fraction of sp³-hybridized carbons (Fsp3) is 0.300. The van der Waals surface area contributed by atoms with Gasteiger partial charge in [-0.3, -0.25) is 4.79 Å². The standard InChI is InChI=1S/C20H22N2O5/c1-2-24-17-7-4-15(5-8-17)13-21-27-14-20(23)22-16-6-9-18-19(12-16)26-11-3-10-25-18/h4-9,12-13H,2-3,10-11,14H2,1H3,(H,22,23)/b21-13+. The van der Waals surface area contributed by atoms with Crippen LogP contribution in [0.15, 0.2) is 47.6 Å². The van der Waals surface area contributed by atoms with Gasteiger partial charge < -0.3 is 24.4 Å². The average Bonchev–Trinajstić information content (AvgIpc) is 2.92. The third-order valence-corrected chi connectivity index (χ3v) is 3.69. The molecule has 1 amide bonds. The molecular weight excluding hydrogens is 348 g/mol. The van der Waals surface area contributed by atoms with E-state index in [1.807, 2.05) is 31.2 Å². The predicted molar refractivity (Wildman–Crippen MR) is 102 cm³/mol. The van der Waals surface area contributed by atoms with Gasteiger partial charge in [0.1, 0.15) is 5.75 Å². The maximum Gasteiger partial charge on any atom is 0.265 e. The van der Waals surface area contributed by atoms with Gasteiger partial charge in [-0.25, -0.2) is 0 Å². The van der Waals surface area contributed by atoms with Gasteiger partial charge in [-0.05, 0) is 48.9 Å². The molecule has 0 atom stereocenters. The van der Waals surface area contributed by atoms with Gasteiger partial charge in [-0.1, -0.05) is 5.16 Å². The van der Waals surface area contributed by atoms with Crippen LogP contribution in [0.25, 0.3) is 0 Å². The molecule has 0 bridgehead atoms. The van der Waals surface area contributed by atoms with Crippen molar-refractivity contribution >= 4 is 17.8 Å². The highest BCUT2D eigenvalue weighted by Gasteiger charge is 2.12. The number of oxime groups is 1. The van der Waals surface area contributed by atoms with Gasteiger partial charge >= 0.3 is 0 Å². The fourth-order valence-corrected chi connectivity index (χ4v) is 2.45. The number of ether oxygens (including phenoxy) is 3. The topological polar surface area (TPSA) is 78.4 Å². The van der Waals surface area contributed by atoms with E-state index in [0.29, 0.717) is 37.0 Å². The Morgan fingerprint density at radius 3 is 2.70 bits per heavy atom. The van der Waals surface area contributed by atoms with Crippen molar-refractivity contribution in [1.82, 2.24) is 0 Å². The van der Waals surface area contributed by atoms with E-state index < -0.39 is 0 Å². The number of hydrogen-bond donors (Lipinski definition) is 1. The van der Waals surface area contributed by atoms with Gasteiger partial charge in [-0.15, -0.1) is 0 Å². The highest BCUT2D eigenvalue weighted by molar-refractivity contribution is 5.92. The molecule has 1 aliphatic heterocycles. The molecule has 0 aliphatic carbocycles. The molecule has 0 unspecified atom stereocenters. The molecule has 27 heavy (non-hydrogen) atoms. The molecule has 0 aromatic heterocycles. The average molecular weight is 370 g/mol. The van der Waals surface area contributed by atoms with Crippen LogP contribution in [0.3, 0.4) is 0 Å². The maximum atomic E-state index is 12.0. The van der Waals surface area contributed by atoms with E-state index in [1.54, 1.807) is 18.2 Å². The van der Waals surface area contributed by atoms with Crippen LogP contribution in [-0.4, -0.2) is 38.5 Å². The quantitative estimate of drug-likeness (QED) is 0.598. The first-order valence-corrected chi connectivity index (χ1v) is 8.82. The molecule has 0 radical (unpaired) electrons. The number of anilines is 1. The fourth-order valence-electron chi connectivity index (χ4n) is 2.45. The molecule has 0 fully saturated rings. The van der Waals surface area contributed by atoms with Crippen LogP contribution in [0.2, 0.25) is 0 Å². The van der Waals surface area contributed by atoms with E-state index in [1.165, 1.54) is 6.21 Å². The Hall–Kier alpha value is -3.22. The highest BCUT2D eigenvalue weighted by Crippen LogP contribution is 2.32. The third kappa shape index (κ3) is 5.64. The molecule has 7 heteroatoms. The van der Waals surface area contributed by atoms with Crippen molar-refractivity contribution in [3.63, 3.8) is 0 Å². The summed E-state index contributed by atoms with van der Waals surface area (Å²) in [6, 6.07) is 12.7. The van der Waals surface area contributed by atoms with Gasteiger partial charge in [0.15, 0.2) is 18.1 Å². The lowest BCUT2D eigenvalue weighted by Gasteiger charge is -2.10. The van der Waals surface area contributed by atoms with Crippen molar-refractivity contribution in [2.24, 2.45) is 5.16 Å². The third-order valence-electron chi connectivity index (χ3n) is 3.69. The molecule has 2 aromatic rings. The summed E-state index contributed by atoms with van der Waals surface area (Å²) in [7, 11) is 0. The van der Waals surface area contributed by atoms with Crippen LogP contribution in [-0.2, 0) is 9.63 Å². The van der Waals surface area contributed by atoms with Crippen molar-refractivity contribution in [3.05, 3.63) is 48.0 Å². The summed E-state index contributed by atoms with van der Waals surface area (Å²) in [6.45, 7) is 3.57. The first kappa shape index (κ1) is 18.6. The van der Waals surface area contributed by atoms with E-state index in [0.717, 1.165) is 17.7 Å². The number of nitrogens with zero attached hydrogens (tertiary/aromatic N) is 1. The Morgan fingerprint density at radius 1 is 1.15 bits per heavy atom. The summed E-state index contributed by atoms with van der Waals surface area (Å²) < 4.78 is 16.5. The summed E-state index contributed by atoms with van der Waals surface area (Å²) in [5, 5.41) is 6.55. The maximum absolute atomic E-state index is 12.0. The minimum atomic E-state index is -0.312. The molecule has 2 aromatic carbocycles. The van der Waals surface area contributed by atoms with Crippen LogP contribution in [0, 0.1) is 0 Å². The second kappa shape index (κ2) is 9.47. The number of rotatable bonds is 7. The van der Waals surface area contributed by atoms with Crippen molar-refractivity contribution < 1.29 is 23.8 Å². The van der Waals surface area contributed by atoms with Gasteiger partial charge in [0.2, 0.25) is 0 Å². The van der Waals surface area contributed by atoms with Crippen LogP contribution in [0.1, 0.15) is 18.9 Å². The zero-order chi connectivity index (χ0) is 18.9. The first-order chi connectivity index (χ1) is 13.2. The van der Waals surface area contributed by atoms with Crippen LogP contribution in [0.5, 0.6) is 17.2 Å². The Balaban J connectivity index is 1.46. The number of fused-ring (bicyclic) bond motifs is 1. The van der Waals surface area contributed by atoms with Crippen molar-refractivity contribution in [2.75, 3.05) is 31.7 Å². The molecule has 0 saturated carbocycles. The monoisotopic (exact) mass is 370 g/mol. The molecule has 0 spiro atoms. The van der Waals surface area contributed by atoms with Gasteiger partial charge in [-0.2, -0.15) is 0 Å². The van der Waals surface area contributed by atoms with Crippen molar-refractivity contribution in [1.29, 1.82) is 0 Å². The summed E-state index contributed by atoms with van der Waals surface area (Å²) in [4.78, 5) is 17.0. The lowest BCUT2D eigenvalue weighted by molar-refractivity contribution is -0.120. The van der Waals surface area contributed by atoms with Gasteiger partial charge in [0.25, 0.3) is 5.91 Å². The number of benzene rings is 2. The van der Waals surface area contributed by atoms with E-state index in [2.05, 4.69) is 10.5 Å². The largest absolute Gasteiger partial charge is 0.494 e. The second-order valence-electron chi connectivity index (χ2n) is 5.77. The summed E-state index contributed by atoms with van der Waals surface area (Å²) in [5.41, 5.74) is 1.46. The first-order valence-electron chi connectivity index (χ1n) is 8.82. The van der Waals surface area contributed by atoms with Crippen molar-refractivity contribution in [2.45, 2.75) is 13.3 Å². The smallest absolute Gasteiger partial charge is 0.265 e. The molecular formula is C20H22N2O5. The number of hydrogen-bond acceptors (Lipinski definition) is 6. The number of amides is 1. The zero-order valence-electron chi connectivity index (χ0n) is 15.1. The minimum absolute atomic E-state index is 0.192. The zero-order valence-corrected chi connectivity index (χ0v) is 15.1. The summed E-state index contributed by atoms with van der Waals surface area (Å²) in [5.74, 6) is 1.79. The Labute approximate surface area is 157 Å². The lowest BCUT2D eigenvalue weighted by Crippen LogP contribution is -2.17. The van der Waals surface area contributed by atoms with E-state index in [-0.39, 0.29) is 12.5 Å². The predicted octanol–water partition coefficient (Wildman–Crippen LogP) is 3.24. The Bertz CT molecular complexity index is 789. The summed E-state index contributed by atoms with van der Waals surface area (Å²) >= 11 is 0. The normalized spacial score (nSPS) is 13.1. The van der Waals surface area contributed by atoms with E-state index >= 15 is 0 Å². The number of nitrogens with one attached hydrogen (secondary N) is 1. The van der Waals surface area contributed by atoms with E-state index in [9.17, 15) is 4.79 Å². The number of carbonyl (C=O) groups is 1. The molecule has 142 valence electrons. The highest BCUT2D eigenvalue weighted by atomic mass is 16.6. The second-order valence-corrected chi connectivity index (χ2v) is 5.77. The number of carbonyl (C=O) groups excluding carboxylic acids is 1. The Kier molecular flexibility index (Phi) is 6.51. The van der Waals surface area contributed by atoms with Crippen LogP contribution in [0.4, 0.5) is 5.69 Å². The molecule has 1 heterocycles. The SMILES string of the molecule is CCOc1ccc(/C=N/OCC(=O)Nc2ccc3c(c2)OCCCO3)cc1. The Morgan fingerprint density at radius 2 is 1.93 bits per heavy atom. The van der Waals surface area contributed by atoms with Crippen LogP contribution < -0.4 is 19.5 Å². The van der Waals surface area contributed by atoms with Gasteiger partial charge in [0.05, 0.1) is 26.0 Å². The molecule has 7 nitrogen and oxygen atoms in total. The summed E-state index contributed by atoms with van der Waals surface area (Å²) in [6.07, 6.45) is 2.37. The molecule has 1 N–H and O–H groups in total. The van der Waals surface area contributed by atoms with Crippen molar-refractivity contribution in [3.8, 4) is 17.2 Å². The van der Waals surface area contributed by atoms with Gasteiger partial charge in [0, 0.05) is 18.2 Å². The molecule has 0 saturated heterocycles.